The zero-order valence-corrected chi connectivity index (χ0v) is 17.1. The maximum absolute atomic E-state index is 12.8. The third-order valence-electron chi connectivity index (χ3n) is 6.44. The van der Waals surface area contributed by atoms with Crippen molar-refractivity contribution in [2.24, 2.45) is 5.92 Å². The summed E-state index contributed by atoms with van der Waals surface area (Å²) in [5.41, 5.74) is 1.66. The first kappa shape index (κ1) is 19.8. The maximum atomic E-state index is 12.8. The predicted molar refractivity (Wildman–Crippen MR) is 115 cm³/mol. The van der Waals surface area contributed by atoms with Crippen molar-refractivity contribution in [1.29, 1.82) is 0 Å². The summed E-state index contributed by atoms with van der Waals surface area (Å²) in [6.07, 6.45) is 7.39. The van der Waals surface area contributed by atoms with Gasteiger partial charge in [0, 0.05) is 44.2 Å². The van der Waals surface area contributed by atoms with E-state index in [1.165, 1.54) is 25.7 Å². The molecule has 1 aromatic carbocycles. The Hall–Kier alpha value is -2.47. The SMILES string of the molecule is CC(C(=O)Nc1cccc2ncccc12)N1CCN(C(=O)CC2CCCC2)CC1. The van der Waals surface area contributed by atoms with Crippen molar-refractivity contribution >= 4 is 28.4 Å². The second kappa shape index (κ2) is 8.91. The molecule has 1 aromatic heterocycles. The monoisotopic (exact) mass is 394 g/mol. The number of nitrogens with zero attached hydrogens (tertiary/aromatic N) is 3. The summed E-state index contributed by atoms with van der Waals surface area (Å²) in [6.45, 7) is 4.83. The third kappa shape index (κ3) is 4.58. The summed E-state index contributed by atoms with van der Waals surface area (Å²) in [6, 6.07) is 9.36. The van der Waals surface area contributed by atoms with E-state index in [1.807, 2.05) is 42.2 Å². The molecule has 4 rings (SSSR count). The van der Waals surface area contributed by atoms with E-state index in [9.17, 15) is 9.59 Å². The van der Waals surface area contributed by atoms with Gasteiger partial charge < -0.3 is 10.2 Å². The average Bonchev–Trinajstić information content (AvgIpc) is 3.26. The van der Waals surface area contributed by atoms with Gasteiger partial charge in [0.15, 0.2) is 0 Å². The van der Waals surface area contributed by atoms with E-state index in [2.05, 4.69) is 15.2 Å². The molecule has 2 fully saturated rings. The van der Waals surface area contributed by atoms with Crippen molar-refractivity contribution in [2.45, 2.75) is 45.1 Å². The summed E-state index contributed by atoms with van der Waals surface area (Å²) in [5, 5.41) is 4.01. The minimum atomic E-state index is -0.242. The van der Waals surface area contributed by atoms with Crippen LogP contribution < -0.4 is 5.32 Å². The number of hydrogen-bond acceptors (Lipinski definition) is 4. The van der Waals surface area contributed by atoms with Crippen LogP contribution in [0.3, 0.4) is 0 Å². The second-order valence-electron chi connectivity index (χ2n) is 8.31. The number of anilines is 1. The first-order chi connectivity index (χ1) is 14.1. The van der Waals surface area contributed by atoms with E-state index in [0.29, 0.717) is 25.4 Å². The molecule has 1 saturated heterocycles. The average molecular weight is 395 g/mol. The van der Waals surface area contributed by atoms with Gasteiger partial charge in [-0.25, -0.2) is 0 Å². The second-order valence-corrected chi connectivity index (χ2v) is 8.31. The molecule has 6 heteroatoms. The fourth-order valence-corrected chi connectivity index (χ4v) is 4.56. The highest BCUT2D eigenvalue weighted by Crippen LogP contribution is 2.28. The fourth-order valence-electron chi connectivity index (χ4n) is 4.56. The summed E-state index contributed by atoms with van der Waals surface area (Å²) in [4.78, 5) is 33.9. The van der Waals surface area contributed by atoms with E-state index in [1.54, 1.807) is 6.20 Å². The van der Waals surface area contributed by atoms with Gasteiger partial charge in [0.25, 0.3) is 0 Å². The minimum absolute atomic E-state index is 0.0212. The van der Waals surface area contributed by atoms with Crippen LogP contribution in [0.1, 0.15) is 39.0 Å². The summed E-state index contributed by atoms with van der Waals surface area (Å²) in [5.74, 6) is 0.851. The van der Waals surface area contributed by atoms with Crippen molar-refractivity contribution in [3.05, 3.63) is 36.5 Å². The van der Waals surface area contributed by atoms with Gasteiger partial charge in [-0.15, -0.1) is 0 Å². The molecule has 0 bridgehead atoms. The molecule has 1 saturated carbocycles. The predicted octanol–water partition coefficient (Wildman–Crippen LogP) is 3.29. The molecule has 1 aliphatic carbocycles. The van der Waals surface area contributed by atoms with Crippen LogP contribution in [-0.4, -0.2) is 58.8 Å². The highest BCUT2D eigenvalue weighted by atomic mass is 16.2. The number of benzene rings is 1. The number of hydrogen-bond donors (Lipinski definition) is 1. The van der Waals surface area contributed by atoms with Crippen LogP contribution >= 0.6 is 0 Å². The van der Waals surface area contributed by atoms with Crippen molar-refractivity contribution < 1.29 is 9.59 Å². The van der Waals surface area contributed by atoms with Gasteiger partial charge in [-0.1, -0.05) is 18.9 Å². The molecular formula is C23H30N4O2. The minimum Gasteiger partial charge on any atom is -0.340 e. The molecule has 1 atom stereocenters. The maximum Gasteiger partial charge on any atom is 0.241 e. The summed E-state index contributed by atoms with van der Waals surface area (Å²) in [7, 11) is 0. The Kier molecular flexibility index (Phi) is 6.09. The highest BCUT2D eigenvalue weighted by Gasteiger charge is 2.29. The van der Waals surface area contributed by atoms with Crippen LogP contribution in [0.25, 0.3) is 10.9 Å². The standard InChI is InChI=1S/C23H30N4O2/c1-17(23(29)25-21-10-4-9-20-19(21)8-5-11-24-20)26-12-14-27(15-13-26)22(28)16-18-6-2-3-7-18/h4-5,8-11,17-18H,2-3,6-7,12-16H2,1H3,(H,25,29). The molecule has 2 heterocycles. The molecule has 0 spiro atoms. The zero-order valence-electron chi connectivity index (χ0n) is 17.1. The molecule has 29 heavy (non-hydrogen) atoms. The largest absolute Gasteiger partial charge is 0.340 e. The number of nitrogens with one attached hydrogen (secondary N) is 1. The Bertz CT molecular complexity index is 865. The van der Waals surface area contributed by atoms with Crippen LogP contribution in [0.15, 0.2) is 36.5 Å². The zero-order chi connectivity index (χ0) is 20.2. The Balaban J connectivity index is 1.31. The lowest BCUT2D eigenvalue weighted by atomic mass is 10.0. The van der Waals surface area contributed by atoms with E-state index in [4.69, 9.17) is 0 Å². The quantitative estimate of drug-likeness (QED) is 0.845. The molecule has 1 N–H and O–H groups in total. The lowest BCUT2D eigenvalue weighted by molar-refractivity contribution is -0.134. The van der Waals surface area contributed by atoms with Crippen LogP contribution in [0.2, 0.25) is 0 Å². The van der Waals surface area contributed by atoms with Crippen LogP contribution in [0.4, 0.5) is 5.69 Å². The number of fused-ring (bicyclic) bond motifs is 1. The molecule has 2 amide bonds. The smallest absolute Gasteiger partial charge is 0.241 e. The lowest BCUT2D eigenvalue weighted by Crippen LogP contribution is -2.54. The van der Waals surface area contributed by atoms with Crippen molar-refractivity contribution in [3.63, 3.8) is 0 Å². The first-order valence-electron chi connectivity index (χ1n) is 10.8. The molecule has 2 aliphatic rings. The van der Waals surface area contributed by atoms with Crippen LogP contribution in [-0.2, 0) is 9.59 Å². The van der Waals surface area contributed by atoms with Gasteiger partial charge in [0.2, 0.25) is 11.8 Å². The molecular weight excluding hydrogens is 364 g/mol. The summed E-state index contributed by atoms with van der Waals surface area (Å²) < 4.78 is 0. The van der Waals surface area contributed by atoms with Gasteiger partial charge in [0.1, 0.15) is 0 Å². The number of pyridine rings is 1. The first-order valence-corrected chi connectivity index (χ1v) is 10.8. The Labute approximate surface area is 172 Å². The van der Waals surface area contributed by atoms with Gasteiger partial charge in [-0.05, 0) is 49.9 Å². The van der Waals surface area contributed by atoms with E-state index < -0.39 is 0 Å². The number of piperazine rings is 1. The van der Waals surface area contributed by atoms with E-state index in [0.717, 1.165) is 29.7 Å². The van der Waals surface area contributed by atoms with Gasteiger partial charge in [0.05, 0.1) is 17.2 Å². The number of rotatable bonds is 5. The van der Waals surface area contributed by atoms with E-state index >= 15 is 0 Å². The lowest BCUT2D eigenvalue weighted by Gasteiger charge is -2.37. The Morgan fingerprint density at radius 2 is 1.86 bits per heavy atom. The molecule has 1 aliphatic heterocycles. The number of aromatic nitrogens is 1. The number of amides is 2. The topological polar surface area (TPSA) is 65.5 Å². The van der Waals surface area contributed by atoms with Gasteiger partial charge >= 0.3 is 0 Å². The Morgan fingerprint density at radius 3 is 2.62 bits per heavy atom. The number of carbonyl (C=O) groups is 2. The highest BCUT2D eigenvalue weighted by molar-refractivity contribution is 6.02. The van der Waals surface area contributed by atoms with Crippen molar-refractivity contribution in [2.75, 3.05) is 31.5 Å². The Morgan fingerprint density at radius 1 is 1.10 bits per heavy atom. The number of carbonyl (C=O) groups excluding carboxylic acids is 2. The molecule has 154 valence electrons. The molecule has 6 nitrogen and oxygen atoms in total. The van der Waals surface area contributed by atoms with Crippen LogP contribution in [0, 0.1) is 5.92 Å². The third-order valence-corrected chi connectivity index (χ3v) is 6.44. The summed E-state index contributed by atoms with van der Waals surface area (Å²) >= 11 is 0. The van der Waals surface area contributed by atoms with E-state index in [-0.39, 0.29) is 17.9 Å². The van der Waals surface area contributed by atoms with Crippen molar-refractivity contribution in [3.8, 4) is 0 Å². The van der Waals surface area contributed by atoms with Crippen molar-refractivity contribution in [1.82, 2.24) is 14.8 Å². The molecule has 2 aromatic rings. The molecule has 0 radical (unpaired) electrons. The van der Waals surface area contributed by atoms with Crippen LogP contribution in [0.5, 0.6) is 0 Å². The van der Waals surface area contributed by atoms with Gasteiger partial charge in [-0.2, -0.15) is 0 Å². The van der Waals surface area contributed by atoms with Gasteiger partial charge in [-0.3, -0.25) is 19.5 Å². The normalized spacial score (nSPS) is 19.4. The fraction of sp³-hybridized carbons (Fsp3) is 0.522. The molecule has 1 unspecified atom stereocenters.